The van der Waals surface area contributed by atoms with Crippen molar-refractivity contribution >= 4 is 0 Å². The summed E-state index contributed by atoms with van der Waals surface area (Å²) in [5, 5.41) is 0. The lowest BCUT2D eigenvalue weighted by Crippen LogP contribution is -2.38. The summed E-state index contributed by atoms with van der Waals surface area (Å²) >= 11 is 0. The van der Waals surface area contributed by atoms with E-state index in [-0.39, 0.29) is 0 Å². The number of imidazole rings is 1. The summed E-state index contributed by atoms with van der Waals surface area (Å²) in [7, 11) is 0. The van der Waals surface area contributed by atoms with E-state index in [0.29, 0.717) is 5.92 Å². The first kappa shape index (κ1) is 11.6. The lowest BCUT2D eigenvalue weighted by atomic mass is 10.0. The van der Waals surface area contributed by atoms with Crippen molar-refractivity contribution in [3.63, 3.8) is 0 Å². The molecule has 1 atom stereocenters. The van der Waals surface area contributed by atoms with Crippen molar-refractivity contribution in [2.45, 2.75) is 32.9 Å². The van der Waals surface area contributed by atoms with Gasteiger partial charge in [0, 0.05) is 32.0 Å². The third kappa shape index (κ3) is 2.62. The van der Waals surface area contributed by atoms with Crippen LogP contribution >= 0.6 is 0 Å². The van der Waals surface area contributed by atoms with Gasteiger partial charge in [-0.15, -0.1) is 0 Å². The largest absolute Gasteiger partial charge is 0.333 e. The predicted octanol–water partition coefficient (Wildman–Crippen LogP) is 1.07. The van der Waals surface area contributed by atoms with Crippen LogP contribution in [0.15, 0.2) is 12.4 Å². The number of nitrogens with zero attached hydrogens (tertiary/aromatic N) is 3. The maximum absolute atomic E-state index is 5.80. The minimum Gasteiger partial charge on any atom is -0.333 e. The van der Waals surface area contributed by atoms with Gasteiger partial charge in [0.05, 0.1) is 6.54 Å². The molecule has 16 heavy (non-hydrogen) atoms. The second-order valence-corrected chi connectivity index (χ2v) is 4.66. The van der Waals surface area contributed by atoms with E-state index in [9.17, 15) is 0 Å². The van der Waals surface area contributed by atoms with Crippen LogP contribution in [-0.2, 0) is 13.1 Å². The van der Waals surface area contributed by atoms with Gasteiger partial charge in [-0.1, -0.05) is 13.3 Å². The molecule has 1 aliphatic rings. The molecule has 2 rings (SSSR count). The van der Waals surface area contributed by atoms with Crippen LogP contribution in [0.1, 0.15) is 25.6 Å². The molecule has 1 aromatic heterocycles. The van der Waals surface area contributed by atoms with Crippen LogP contribution in [0.3, 0.4) is 0 Å². The molecular formula is C12H22N4. The molecule has 0 saturated carbocycles. The molecule has 90 valence electrons. The summed E-state index contributed by atoms with van der Waals surface area (Å²) < 4.78 is 2.24. The molecule has 0 amide bonds. The van der Waals surface area contributed by atoms with Gasteiger partial charge < -0.3 is 10.3 Å². The van der Waals surface area contributed by atoms with Crippen LogP contribution < -0.4 is 5.73 Å². The fraction of sp³-hybridized carbons (Fsp3) is 0.750. The Morgan fingerprint density at radius 2 is 2.38 bits per heavy atom. The summed E-state index contributed by atoms with van der Waals surface area (Å²) in [5.74, 6) is 1.84. The molecule has 0 bridgehead atoms. The van der Waals surface area contributed by atoms with Crippen molar-refractivity contribution in [1.29, 1.82) is 0 Å². The first-order valence-electron chi connectivity index (χ1n) is 6.26. The normalized spacial score (nSPS) is 18.4. The standard InChI is InChI=1S/C12H22N4/c1-2-3-11(8-13)9-15-6-7-16-5-4-14-12(16)10-15/h4-5,11H,2-3,6-10,13H2,1H3. The summed E-state index contributed by atoms with van der Waals surface area (Å²) in [5.41, 5.74) is 5.80. The third-order valence-corrected chi connectivity index (χ3v) is 3.37. The van der Waals surface area contributed by atoms with Gasteiger partial charge in [-0.05, 0) is 18.9 Å². The minimum absolute atomic E-state index is 0.645. The maximum Gasteiger partial charge on any atom is 0.122 e. The van der Waals surface area contributed by atoms with Gasteiger partial charge in [0.2, 0.25) is 0 Å². The van der Waals surface area contributed by atoms with Crippen molar-refractivity contribution in [2.75, 3.05) is 19.6 Å². The predicted molar refractivity (Wildman–Crippen MR) is 65.0 cm³/mol. The van der Waals surface area contributed by atoms with E-state index in [1.165, 1.54) is 18.7 Å². The lowest BCUT2D eigenvalue weighted by Gasteiger charge is -2.30. The average molecular weight is 222 g/mol. The third-order valence-electron chi connectivity index (χ3n) is 3.37. The Morgan fingerprint density at radius 3 is 3.12 bits per heavy atom. The molecule has 2 N–H and O–H groups in total. The first-order valence-corrected chi connectivity index (χ1v) is 6.26. The van der Waals surface area contributed by atoms with Crippen molar-refractivity contribution < 1.29 is 0 Å². The molecule has 0 aliphatic carbocycles. The molecule has 4 heteroatoms. The molecule has 1 unspecified atom stereocenters. The highest BCUT2D eigenvalue weighted by Gasteiger charge is 2.18. The van der Waals surface area contributed by atoms with E-state index in [1.807, 2.05) is 6.20 Å². The number of aromatic nitrogens is 2. The van der Waals surface area contributed by atoms with E-state index in [4.69, 9.17) is 5.73 Å². The van der Waals surface area contributed by atoms with Gasteiger partial charge in [0.15, 0.2) is 0 Å². The Kier molecular flexibility index (Phi) is 3.96. The van der Waals surface area contributed by atoms with E-state index >= 15 is 0 Å². The molecule has 2 heterocycles. The van der Waals surface area contributed by atoms with E-state index in [0.717, 1.165) is 32.7 Å². The summed E-state index contributed by atoms with van der Waals surface area (Å²) in [6.07, 6.45) is 6.43. The molecule has 4 nitrogen and oxygen atoms in total. The Bertz CT molecular complexity index is 321. The zero-order valence-electron chi connectivity index (χ0n) is 10.1. The van der Waals surface area contributed by atoms with Crippen molar-refractivity contribution in [1.82, 2.24) is 14.5 Å². The SMILES string of the molecule is CCCC(CN)CN1CCn2ccnc2C1. The van der Waals surface area contributed by atoms with Crippen LogP contribution in [-0.4, -0.2) is 34.1 Å². The van der Waals surface area contributed by atoms with Crippen LogP contribution in [0.25, 0.3) is 0 Å². The zero-order chi connectivity index (χ0) is 11.4. The molecular weight excluding hydrogens is 200 g/mol. The molecule has 0 saturated heterocycles. The molecule has 0 radical (unpaired) electrons. The van der Waals surface area contributed by atoms with Gasteiger partial charge in [0.25, 0.3) is 0 Å². The Hall–Kier alpha value is -0.870. The van der Waals surface area contributed by atoms with Crippen molar-refractivity contribution in [3.05, 3.63) is 18.2 Å². The molecule has 1 aromatic rings. The highest BCUT2D eigenvalue weighted by atomic mass is 15.2. The van der Waals surface area contributed by atoms with Gasteiger partial charge >= 0.3 is 0 Å². The number of rotatable bonds is 5. The number of hydrogen-bond acceptors (Lipinski definition) is 3. The van der Waals surface area contributed by atoms with Crippen LogP contribution in [0.2, 0.25) is 0 Å². The second kappa shape index (κ2) is 5.46. The minimum atomic E-state index is 0.645. The molecule has 0 aromatic carbocycles. The quantitative estimate of drug-likeness (QED) is 0.811. The summed E-state index contributed by atoms with van der Waals surface area (Å²) in [6, 6.07) is 0. The van der Waals surface area contributed by atoms with Gasteiger partial charge in [0.1, 0.15) is 5.82 Å². The highest BCUT2D eigenvalue weighted by Crippen LogP contribution is 2.14. The number of hydrogen-bond donors (Lipinski definition) is 1. The number of fused-ring (bicyclic) bond motifs is 1. The van der Waals surface area contributed by atoms with E-state index in [1.54, 1.807) is 0 Å². The molecule has 1 aliphatic heterocycles. The second-order valence-electron chi connectivity index (χ2n) is 4.66. The van der Waals surface area contributed by atoms with E-state index in [2.05, 4.69) is 27.6 Å². The zero-order valence-corrected chi connectivity index (χ0v) is 10.1. The van der Waals surface area contributed by atoms with Gasteiger partial charge in [-0.2, -0.15) is 0 Å². The fourth-order valence-electron chi connectivity index (χ4n) is 2.44. The monoisotopic (exact) mass is 222 g/mol. The van der Waals surface area contributed by atoms with Crippen LogP contribution in [0.4, 0.5) is 0 Å². The first-order chi connectivity index (χ1) is 7.83. The van der Waals surface area contributed by atoms with E-state index < -0.39 is 0 Å². The summed E-state index contributed by atoms with van der Waals surface area (Å²) in [4.78, 5) is 6.86. The molecule has 0 fully saturated rings. The topological polar surface area (TPSA) is 47.1 Å². The maximum atomic E-state index is 5.80. The number of nitrogens with two attached hydrogens (primary N) is 1. The van der Waals surface area contributed by atoms with Crippen LogP contribution in [0, 0.1) is 5.92 Å². The Morgan fingerprint density at radius 1 is 1.50 bits per heavy atom. The Labute approximate surface area is 97.4 Å². The summed E-state index contributed by atoms with van der Waals surface area (Å²) in [6.45, 7) is 7.33. The molecule has 0 spiro atoms. The van der Waals surface area contributed by atoms with Crippen molar-refractivity contribution in [2.24, 2.45) is 11.7 Å². The van der Waals surface area contributed by atoms with Crippen LogP contribution in [0.5, 0.6) is 0 Å². The highest BCUT2D eigenvalue weighted by molar-refractivity contribution is 4.95. The Balaban J connectivity index is 1.88. The lowest BCUT2D eigenvalue weighted by molar-refractivity contribution is 0.182. The fourth-order valence-corrected chi connectivity index (χ4v) is 2.44. The average Bonchev–Trinajstić information content (AvgIpc) is 2.75. The van der Waals surface area contributed by atoms with Gasteiger partial charge in [-0.25, -0.2) is 4.98 Å². The van der Waals surface area contributed by atoms with Gasteiger partial charge in [-0.3, -0.25) is 4.90 Å². The smallest absolute Gasteiger partial charge is 0.122 e. The van der Waals surface area contributed by atoms with Crippen molar-refractivity contribution in [3.8, 4) is 0 Å².